The first-order chi connectivity index (χ1) is 9.81. The maximum absolute atomic E-state index is 4.32. The van der Waals surface area contributed by atoms with Crippen molar-refractivity contribution in [2.24, 2.45) is 5.92 Å². The molecule has 1 saturated carbocycles. The van der Waals surface area contributed by atoms with Gasteiger partial charge in [0.2, 0.25) is 0 Å². The molecule has 0 saturated heterocycles. The van der Waals surface area contributed by atoms with E-state index in [0.717, 1.165) is 19.0 Å². The van der Waals surface area contributed by atoms with Gasteiger partial charge >= 0.3 is 0 Å². The van der Waals surface area contributed by atoms with Gasteiger partial charge in [-0.15, -0.1) is 0 Å². The van der Waals surface area contributed by atoms with E-state index >= 15 is 0 Å². The fourth-order valence-corrected chi connectivity index (χ4v) is 2.86. The molecule has 1 heterocycles. The zero-order valence-corrected chi connectivity index (χ0v) is 12.2. The number of benzene rings is 1. The summed E-state index contributed by atoms with van der Waals surface area (Å²) in [6.07, 6.45) is 8.19. The zero-order valence-electron chi connectivity index (χ0n) is 12.2. The Bertz CT molecular complexity index is 528. The summed E-state index contributed by atoms with van der Waals surface area (Å²) in [5.41, 5.74) is 2.63. The van der Waals surface area contributed by atoms with Gasteiger partial charge in [0.15, 0.2) is 0 Å². The van der Waals surface area contributed by atoms with Crippen LogP contribution in [0, 0.1) is 5.92 Å². The summed E-state index contributed by atoms with van der Waals surface area (Å²) in [5.74, 6) is 0.922. The molecule has 3 nitrogen and oxygen atoms in total. The molecule has 0 atom stereocenters. The molecular weight excluding hydrogens is 246 g/mol. The number of imidazole rings is 1. The van der Waals surface area contributed by atoms with Gasteiger partial charge in [-0.2, -0.15) is 0 Å². The van der Waals surface area contributed by atoms with Crippen LogP contribution in [-0.2, 0) is 13.1 Å². The molecule has 0 spiro atoms. The van der Waals surface area contributed by atoms with E-state index in [-0.39, 0.29) is 0 Å². The van der Waals surface area contributed by atoms with E-state index in [2.05, 4.69) is 51.8 Å². The minimum atomic E-state index is 0.910. The van der Waals surface area contributed by atoms with Gasteiger partial charge in [-0.1, -0.05) is 36.8 Å². The lowest BCUT2D eigenvalue weighted by Gasteiger charge is -2.30. The van der Waals surface area contributed by atoms with Crippen molar-refractivity contribution in [3.05, 3.63) is 54.1 Å². The molecule has 1 aliphatic rings. The maximum Gasteiger partial charge on any atom is 0.0951 e. The summed E-state index contributed by atoms with van der Waals surface area (Å²) in [7, 11) is 2.22. The van der Waals surface area contributed by atoms with E-state index in [1.165, 1.54) is 37.1 Å². The molecule has 0 unspecified atom stereocenters. The molecule has 1 fully saturated rings. The van der Waals surface area contributed by atoms with E-state index in [9.17, 15) is 0 Å². The predicted molar refractivity (Wildman–Crippen MR) is 81.4 cm³/mol. The molecule has 0 bridgehead atoms. The second-order valence-corrected chi connectivity index (χ2v) is 5.99. The van der Waals surface area contributed by atoms with Crippen molar-refractivity contribution >= 4 is 0 Å². The summed E-state index contributed by atoms with van der Waals surface area (Å²) in [6, 6.07) is 10.6. The standard InChI is InChI=1S/C17H23N3/c1-19(11-15-8-5-9-15)13-17-10-18-14-20(17)12-16-6-3-2-4-7-16/h2-4,6-7,10,14-15H,5,8-9,11-13H2,1H3. The van der Waals surface area contributed by atoms with Gasteiger partial charge < -0.3 is 9.47 Å². The highest BCUT2D eigenvalue weighted by Gasteiger charge is 2.19. The van der Waals surface area contributed by atoms with Crippen LogP contribution in [0.4, 0.5) is 0 Å². The number of aromatic nitrogens is 2. The van der Waals surface area contributed by atoms with Crippen LogP contribution in [0.25, 0.3) is 0 Å². The third kappa shape index (κ3) is 3.28. The van der Waals surface area contributed by atoms with Crippen LogP contribution >= 0.6 is 0 Å². The zero-order chi connectivity index (χ0) is 13.8. The van der Waals surface area contributed by atoms with Gasteiger partial charge in [-0.3, -0.25) is 0 Å². The molecule has 3 heteroatoms. The number of hydrogen-bond acceptors (Lipinski definition) is 2. The van der Waals surface area contributed by atoms with Crippen LogP contribution in [0.2, 0.25) is 0 Å². The Morgan fingerprint density at radius 1 is 1.25 bits per heavy atom. The molecule has 2 aromatic rings. The topological polar surface area (TPSA) is 21.1 Å². The third-order valence-corrected chi connectivity index (χ3v) is 4.22. The van der Waals surface area contributed by atoms with Gasteiger partial charge in [-0.05, 0) is 31.4 Å². The Kier molecular flexibility index (Phi) is 4.16. The van der Waals surface area contributed by atoms with Crippen LogP contribution in [0.15, 0.2) is 42.9 Å². The van der Waals surface area contributed by atoms with Gasteiger partial charge in [0.25, 0.3) is 0 Å². The Hall–Kier alpha value is -1.61. The van der Waals surface area contributed by atoms with E-state index in [1.54, 1.807) is 0 Å². The van der Waals surface area contributed by atoms with Crippen molar-refractivity contribution in [3.63, 3.8) is 0 Å². The Morgan fingerprint density at radius 3 is 2.75 bits per heavy atom. The molecule has 1 aliphatic carbocycles. The number of hydrogen-bond donors (Lipinski definition) is 0. The van der Waals surface area contributed by atoms with Crippen molar-refractivity contribution in [2.45, 2.75) is 32.4 Å². The molecule has 0 aliphatic heterocycles. The van der Waals surface area contributed by atoms with Crippen molar-refractivity contribution in [2.75, 3.05) is 13.6 Å². The molecule has 106 valence electrons. The molecule has 0 radical (unpaired) electrons. The maximum atomic E-state index is 4.32. The van der Waals surface area contributed by atoms with Gasteiger partial charge in [-0.25, -0.2) is 4.98 Å². The second-order valence-electron chi connectivity index (χ2n) is 5.99. The van der Waals surface area contributed by atoms with Crippen LogP contribution in [0.5, 0.6) is 0 Å². The molecule has 20 heavy (non-hydrogen) atoms. The number of rotatable bonds is 6. The van der Waals surface area contributed by atoms with Crippen LogP contribution < -0.4 is 0 Å². The van der Waals surface area contributed by atoms with Gasteiger partial charge in [0.1, 0.15) is 0 Å². The van der Waals surface area contributed by atoms with Crippen LogP contribution in [0.1, 0.15) is 30.5 Å². The summed E-state index contributed by atoms with van der Waals surface area (Å²) in [5, 5.41) is 0. The predicted octanol–water partition coefficient (Wildman–Crippen LogP) is 3.16. The number of nitrogens with zero attached hydrogens (tertiary/aromatic N) is 3. The minimum Gasteiger partial charge on any atom is -0.329 e. The van der Waals surface area contributed by atoms with Crippen molar-refractivity contribution in [1.82, 2.24) is 14.5 Å². The van der Waals surface area contributed by atoms with Gasteiger partial charge in [0, 0.05) is 25.8 Å². The molecule has 1 aromatic heterocycles. The van der Waals surface area contributed by atoms with E-state index in [4.69, 9.17) is 0 Å². The second kappa shape index (κ2) is 6.23. The Morgan fingerprint density at radius 2 is 2.05 bits per heavy atom. The lowest BCUT2D eigenvalue weighted by atomic mass is 9.85. The van der Waals surface area contributed by atoms with Gasteiger partial charge in [0.05, 0.1) is 12.0 Å². The summed E-state index contributed by atoms with van der Waals surface area (Å²) in [4.78, 5) is 6.75. The van der Waals surface area contributed by atoms with Crippen molar-refractivity contribution in [1.29, 1.82) is 0 Å². The lowest BCUT2D eigenvalue weighted by Crippen LogP contribution is -2.29. The van der Waals surface area contributed by atoms with Crippen LogP contribution in [0.3, 0.4) is 0 Å². The Balaban J connectivity index is 1.61. The van der Waals surface area contributed by atoms with Crippen LogP contribution in [-0.4, -0.2) is 28.0 Å². The average Bonchev–Trinajstić information content (AvgIpc) is 2.83. The fourth-order valence-electron chi connectivity index (χ4n) is 2.86. The largest absolute Gasteiger partial charge is 0.329 e. The molecule has 0 amide bonds. The minimum absolute atomic E-state index is 0.910. The lowest BCUT2D eigenvalue weighted by molar-refractivity contribution is 0.197. The van der Waals surface area contributed by atoms with Crippen molar-refractivity contribution in [3.8, 4) is 0 Å². The average molecular weight is 269 g/mol. The summed E-state index contributed by atoms with van der Waals surface area (Å²) in [6.45, 7) is 3.12. The van der Waals surface area contributed by atoms with E-state index < -0.39 is 0 Å². The summed E-state index contributed by atoms with van der Waals surface area (Å²) >= 11 is 0. The molecule has 3 rings (SSSR count). The highest BCUT2D eigenvalue weighted by Crippen LogP contribution is 2.27. The van der Waals surface area contributed by atoms with E-state index in [0.29, 0.717) is 0 Å². The SMILES string of the molecule is CN(Cc1cncn1Cc1ccccc1)CC1CCC1. The molecule has 0 N–H and O–H groups in total. The first-order valence-corrected chi connectivity index (χ1v) is 7.53. The first kappa shape index (κ1) is 13.4. The first-order valence-electron chi connectivity index (χ1n) is 7.53. The molecular formula is C17H23N3. The monoisotopic (exact) mass is 269 g/mol. The third-order valence-electron chi connectivity index (χ3n) is 4.22. The summed E-state index contributed by atoms with van der Waals surface area (Å²) < 4.78 is 2.26. The van der Waals surface area contributed by atoms with E-state index in [1.807, 2.05) is 12.5 Å². The highest BCUT2D eigenvalue weighted by molar-refractivity contribution is 5.16. The quantitative estimate of drug-likeness (QED) is 0.803. The Labute approximate surface area is 121 Å². The normalized spacial score (nSPS) is 15.5. The smallest absolute Gasteiger partial charge is 0.0951 e. The highest BCUT2D eigenvalue weighted by atomic mass is 15.1. The van der Waals surface area contributed by atoms with Crippen molar-refractivity contribution < 1.29 is 0 Å². The molecule has 1 aromatic carbocycles. The fraction of sp³-hybridized carbons (Fsp3) is 0.471.